The van der Waals surface area contributed by atoms with E-state index in [1.807, 2.05) is 24.3 Å². The molecule has 1 aromatic carbocycles. The fraction of sp³-hybridized carbons (Fsp3) is 0.357. The second-order valence-electron chi connectivity index (χ2n) is 4.70. The maximum Gasteiger partial charge on any atom is 0.328 e. The van der Waals surface area contributed by atoms with Crippen molar-refractivity contribution in [3.8, 4) is 0 Å². The maximum atomic E-state index is 11.7. The Bertz CT molecular complexity index is 620. The number of aryl methyl sites for hydroxylation is 1. The molecule has 21 heavy (non-hydrogen) atoms. The fourth-order valence-corrected chi connectivity index (χ4v) is 2.85. The molecule has 0 aliphatic heterocycles. The second-order valence-corrected chi connectivity index (χ2v) is 5.81. The van der Waals surface area contributed by atoms with Gasteiger partial charge in [-0.25, -0.2) is 9.78 Å². The van der Waals surface area contributed by atoms with Crippen LogP contribution in [0.3, 0.4) is 0 Å². The van der Waals surface area contributed by atoms with Gasteiger partial charge in [0.05, 0.1) is 21.3 Å². The van der Waals surface area contributed by atoms with Gasteiger partial charge in [-0.2, -0.15) is 0 Å². The Morgan fingerprint density at radius 2 is 2.10 bits per heavy atom. The number of benzene rings is 1. The highest BCUT2D eigenvalue weighted by molar-refractivity contribution is 7.18. The van der Waals surface area contributed by atoms with Crippen molar-refractivity contribution in [1.82, 2.24) is 10.3 Å². The van der Waals surface area contributed by atoms with Crippen LogP contribution >= 0.6 is 11.3 Å². The summed E-state index contributed by atoms with van der Waals surface area (Å²) >= 11 is 1.51. The van der Waals surface area contributed by atoms with Crippen molar-refractivity contribution >= 4 is 33.4 Å². The number of nitrogens with zero attached hydrogens (tertiary/aromatic N) is 1. The Kier molecular flexibility index (Phi) is 4.87. The Morgan fingerprint density at radius 1 is 1.38 bits per heavy atom. The van der Waals surface area contributed by atoms with Gasteiger partial charge in [-0.1, -0.05) is 12.1 Å². The van der Waals surface area contributed by atoms with Crippen molar-refractivity contribution in [2.24, 2.45) is 0 Å². The van der Waals surface area contributed by atoms with Crippen LogP contribution in [0.15, 0.2) is 24.3 Å². The SMILES string of the molecule is CC(O)C(NC(=O)CCc1nc2ccccc2s1)C(=O)O. The smallest absolute Gasteiger partial charge is 0.328 e. The molecule has 1 aromatic heterocycles. The highest BCUT2D eigenvalue weighted by atomic mass is 32.1. The second kappa shape index (κ2) is 6.64. The lowest BCUT2D eigenvalue weighted by atomic mass is 10.1. The van der Waals surface area contributed by atoms with Crippen molar-refractivity contribution in [3.05, 3.63) is 29.3 Å². The zero-order chi connectivity index (χ0) is 15.4. The number of carbonyl (C=O) groups is 2. The number of fused-ring (bicyclic) bond motifs is 1. The topological polar surface area (TPSA) is 99.5 Å². The van der Waals surface area contributed by atoms with Crippen LogP contribution in [0.4, 0.5) is 0 Å². The number of aromatic nitrogens is 1. The number of aliphatic hydroxyl groups is 1. The van der Waals surface area contributed by atoms with Gasteiger partial charge in [-0.3, -0.25) is 4.79 Å². The van der Waals surface area contributed by atoms with E-state index in [0.29, 0.717) is 6.42 Å². The first-order valence-corrected chi connectivity index (χ1v) is 7.33. The average molecular weight is 308 g/mol. The van der Waals surface area contributed by atoms with E-state index in [9.17, 15) is 14.7 Å². The number of hydrogen-bond acceptors (Lipinski definition) is 5. The minimum Gasteiger partial charge on any atom is -0.480 e. The van der Waals surface area contributed by atoms with Gasteiger partial charge in [0.15, 0.2) is 6.04 Å². The van der Waals surface area contributed by atoms with Gasteiger partial charge in [0.1, 0.15) is 0 Å². The summed E-state index contributed by atoms with van der Waals surface area (Å²) in [5.41, 5.74) is 0.894. The van der Waals surface area contributed by atoms with Gasteiger partial charge in [-0.15, -0.1) is 11.3 Å². The summed E-state index contributed by atoms with van der Waals surface area (Å²) in [5.74, 6) is -1.67. The van der Waals surface area contributed by atoms with Crippen molar-refractivity contribution in [1.29, 1.82) is 0 Å². The van der Waals surface area contributed by atoms with Crippen molar-refractivity contribution < 1.29 is 19.8 Å². The van der Waals surface area contributed by atoms with E-state index in [1.165, 1.54) is 18.3 Å². The molecule has 2 unspecified atom stereocenters. The van der Waals surface area contributed by atoms with E-state index in [1.54, 1.807) is 0 Å². The number of nitrogens with one attached hydrogen (secondary N) is 1. The molecule has 6 nitrogen and oxygen atoms in total. The van der Waals surface area contributed by atoms with E-state index >= 15 is 0 Å². The minimum atomic E-state index is -1.28. The molecule has 3 N–H and O–H groups in total. The molecule has 0 fully saturated rings. The van der Waals surface area contributed by atoms with E-state index in [2.05, 4.69) is 10.3 Å². The first kappa shape index (κ1) is 15.4. The number of carboxylic acids is 1. The van der Waals surface area contributed by atoms with E-state index in [-0.39, 0.29) is 6.42 Å². The fourth-order valence-electron chi connectivity index (χ4n) is 1.88. The van der Waals surface area contributed by atoms with Crippen LogP contribution in [0.1, 0.15) is 18.4 Å². The number of hydrogen-bond donors (Lipinski definition) is 3. The predicted molar refractivity (Wildman–Crippen MR) is 79.2 cm³/mol. The Labute approximate surface area is 125 Å². The molecule has 0 radical (unpaired) electrons. The number of aliphatic hydroxyl groups excluding tert-OH is 1. The summed E-state index contributed by atoms with van der Waals surface area (Å²) in [4.78, 5) is 27.0. The van der Waals surface area contributed by atoms with Crippen LogP contribution in [0.5, 0.6) is 0 Å². The summed E-state index contributed by atoms with van der Waals surface area (Å²) in [6.07, 6.45) is -0.568. The summed E-state index contributed by atoms with van der Waals surface area (Å²) in [7, 11) is 0. The maximum absolute atomic E-state index is 11.7. The number of amides is 1. The van der Waals surface area contributed by atoms with Crippen LogP contribution in [0.25, 0.3) is 10.2 Å². The molecule has 2 atom stereocenters. The third kappa shape index (κ3) is 3.99. The first-order chi connectivity index (χ1) is 9.97. The average Bonchev–Trinajstić information content (AvgIpc) is 2.84. The molecule has 0 spiro atoms. The Hall–Kier alpha value is -1.99. The van der Waals surface area contributed by atoms with Gasteiger partial charge in [0.2, 0.25) is 5.91 Å². The van der Waals surface area contributed by atoms with Gasteiger partial charge in [0.25, 0.3) is 0 Å². The van der Waals surface area contributed by atoms with Crippen LogP contribution in [-0.2, 0) is 16.0 Å². The summed E-state index contributed by atoms with van der Waals surface area (Å²) in [6, 6.07) is 6.41. The molecule has 1 heterocycles. The summed E-state index contributed by atoms with van der Waals surface area (Å²) in [6.45, 7) is 1.33. The van der Waals surface area contributed by atoms with Crippen LogP contribution in [0.2, 0.25) is 0 Å². The molecule has 7 heteroatoms. The molecule has 0 saturated heterocycles. The predicted octanol–water partition coefficient (Wildman–Crippen LogP) is 1.18. The molecule has 112 valence electrons. The van der Waals surface area contributed by atoms with Gasteiger partial charge >= 0.3 is 5.97 Å². The molecule has 2 rings (SSSR count). The quantitative estimate of drug-likeness (QED) is 0.744. The van der Waals surface area contributed by atoms with E-state index in [0.717, 1.165) is 15.2 Å². The minimum absolute atomic E-state index is 0.135. The molecule has 0 saturated carbocycles. The number of para-hydroxylation sites is 1. The molecule has 1 amide bonds. The number of aliphatic carboxylic acids is 1. The van der Waals surface area contributed by atoms with Crippen LogP contribution in [0, 0.1) is 0 Å². The van der Waals surface area contributed by atoms with Gasteiger partial charge in [0, 0.05) is 12.8 Å². The first-order valence-electron chi connectivity index (χ1n) is 6.52. The normalized spacial score (nSPS) is 13.8. The molecule has 0 aliphatic carbocycles. The van der Waals surface area contributed by atoms with Crippen molar-refractivity contribution in [2.45, 2.75) is 31.9 Å². The van der Waals surface area contributed by atoms with Crippen LogP contribution < -0.4 is 5.32 Å². The number of thiazole rings is 1. The van der Waals surface area contributed by atoms with Crippen molar-refractivity contribution in [3.63, 3.8) is 0 Å². The summed E-state index contributed by atoms with van der Waals surface area (Å²) in [5, 5.41) is 21.3. The van der Waals surface area contributed by atoms with E-state index < -0.39 is 24.0 Å². The Morgan fingerprint density at radius 3 is 2.71 bits per heavy atom. The third-order valence-corrected chi connectivity index (χ3v) is 4.07. The highest BCUT2D eigenvalue weighted by Crippen LogP contribution is 2.22. The van der Waals surface area contributed by atoms with E-state index in [4.69, 9.17) is 5.11 Å². The highest BCUT2D eigenvalue weighted by Gasteiger charge is 2.24. The molecule has 0 bridgehead atoms. The zero-order valence-corrected chi connectivity index (χ0v) is 12.3. The largest absolute Gasteiger partial charge is 0.480 e. The van der Waals surface area contributed by atoms with Crippen molar-refractivity contribution in [2.75, 3.05) is 0 Å². The molecular weight excluding hydrogens is 292 g/mol. The lowest BCUT2D eigenvalue weighted by Gasteiger charge is -2.16. The third-order valence-electron chi connectivity index (χ3n) is 2.97. The lowest BCUT2D eigenvalue weighted by molar-refractivity contribution is -0.144. The number of rotatable bonds is 6. The monoisotopic (exact) mass is 308 g/mol. The van der Waals surface area contributed by atoms with Gasteiger partial charge < -0.3 is 15.5 Å². The summed E-state index contributed by atoms with van der Waals surface area (Å²) < 4.78 is 1.06. The number of carboxylic acid groups (broad SMARTS) is 1. The molecular formula is C14H16N2O4S. The van der Waals surface area contributed by atoms with Gasteiger partial charge in [-0.05, 0) is 19.1 Å². The molecule has 2 aromatic rings. The van der Waals surface area contributed by atoms with Crippen LogP contribution in [-0.4, -0.2) is 39.2 Å². The Balaban J connectivity index is 1.93. The zero-order valence-electron chi connectivity index (χ0n) is 11.4. The standard InChI is InChI=1S/C14H16N2O4S/c1-8(17)13(14(19)20)16-11(18)6-7-12-15-9-4-2-3-5-10(9)21-12/h2-5,8,13,17H,6-7H2,1H3,(H,16,18)(H,19,20). The lowest BCUT2D eigenvalue weighted by Crippen LogP contribution is -2.47. The molecule has 0 aliphatic rings. The number of carbonyl (C=O) groups excluding carboxylic acids is 1.